The third-order valence-electron chi connectivity index (χ3n) is 3.02. The summed E-state index contributed by atoms with van der Waals surface area (Å²) in [5.41, 5.74) is 8.10. The summed E-state index contributed by atoms with van der Waals surface area (Å²) in [6.07, 6.45) is -4.40. The monoisotopic (exact) mass is 311 g/mol. The van der Waals surface area contributed by atoms with E-state index < -0.39 is 12.8 Å². The van der Waals surface area contributed by atoms with E-state index >= 15 is 0 Å². The van der Waals surface area contributed by atoms with Gasteiger partial charge in [-0.05, 0) is 37.1 Å². The molecule has 2 aromatic carbocycles. The SMILES string of the molecule is Cc1ccc(Oc2cc(N)cc(OCC(F)(F)F)c2)cc1C. The summed E-state index contributed by atoms with van der Waals surface area (Å²) in [5, 5.41) is 0. The van der Waals surface area contributed by atoms with E-state index in [1.54, 1.807) is 6.07 Å². The Labute approximate surface area is 126 Å². The van der Waals surface area contributed by atoms with E-state index in [9.17, 15) is 13.2 Å². The van der Waals surface area contributed by atoms with Crippen LogP contribution in [-0.4, -0.2) is 12.8 Å². The van der Waals surface area contributed by atoms with Crippen molar-refractivity contribution in [2.75, 3.05) is 12.3 Å². The van der Waals surface area contributed by atoms with Crippen molar-refractivity contribution in [1.29, 1.82) is 0 Å². The molecule has 2 rings (SSSR count). The van der Waals surface area contributed by atoms with E-state index in [0.717, 1.165) is 11.1 Å². The lowest BCUT2D eigenvalue weighted by atomic mass is 10.1. The number of alkyl halides is 3. The average Bonchev–Trinajstić information content (AvgIpc) is 2.39. The van der Waals surface area contributed by atoms with Crippen LogP contribution in [0.15, 0.2) is 36.4 Å². The molecule has 0 atom stereocenters. The average molecular weight is 311 g/mol. The highest BCUT2D eigenvalue weighted by Gasteiger charge is 2.28. The summed E-state index contributed by atoms with van der Waals surface area (Å²) in [6.45, 7) is 2.54. The molecule has 6 heteroatoms. The lowest BCUT2D eigenvalue weighted by Gasteiger charge is -2.12. The summed E-state index contributed by atoms with van der Waals surface area (Å²) in [5.74, 6) is 0.909. The molecule has 0 fully saturated rings. The molecule has 0 bridgehead atoms. The van der Waals surface area contributed by atoms with Crippen molar-refractivity contribution in [2.45, 2.75) is 20.0 Å². The zero-order valence-corrected chi connectivity index (χ0v) is 12.2. The number of hydrogen-bond donors (Lipinski definition) is 1. The van der Waals surface area contributed by atoms with Gasteiger partial charge in [0.1, 0.15) is 17.2 Å². The van der Waals surface area contributed by atoms with Crippen molar-refractivity contribution in [2.24, 2.45) is 0 Å². The van der Waals surface area contributed by atoms with Crippen molar-refractivity contribution >= 4 is 5.69 Å². The Morgan fingerprint density at radius 2 is 1.59 bits per heavy atom. The molecule has 0 saturated heterocycles. The van der Waals surface area contributed by atoms with Gasteiger partial charge in [0.2, 0.25) is 0 Å². The van der Waals surface area contributed by atoms with Crippen LogP contribution in [0.2, 0.25) is 0 Å². The van der Waals surface area contributed by atoms with Crippen molar-refractivity contribution in [1.82, 2.24) is 0 Å². The van der Waals surface area contributed by atoms with Gasteiger partial charge in [0, 0.05) is 23.9 Å². The van der Waals surface area contributed by atoms with Crippen molar-refractivity contribution in [3.05, 3.63) is 47.5 Å². The van der Waals surface area contributed by atoms with Gasteiger partial charge in [-0.3, -0.25) is 0 Å². The van der Waals surface area contributed by atoms with Gasteiger partial charge in [0.15, 0.2) is 6.61 Å². The first-order chi connectivity index (χ1) is 10.2. The first-order valence-electron chi connectivity index (χ1n) is 6.58. The summed E-state index contributed by atoms with van der Waals surface area (Å²) in [7, 11) is 0. The van der Waals surface area contributed by atoms with Gasteiger partial charge in [0.25, 0.3) is 0 Å². The molecule has 22 heavy (non-hydrogen) atoms. The second-order valence-corrected chi connectivity index (χ2v) is 4.99. The van der Waals surface area contributed by atoms with E-state index in [-0.39, 0.29) is 11.4 Å². The lowest BCUT2D eigenvalue weighted by Crippen LogP contribution is -2.19. The maximum absolute atomic E-state index is 12.2. The van der Waals surface area contributed by atoms with E-state index in [1.165, 1.54) is 18.2 Å². The standard InChI is InChI=1S/C16H16F3NO2/c1-10-3-4-13(5-11(10)2)22-15-7-12(20)6-14(8-15)21-9-16(17,18)19/h3-8H,9,20H2,1-2H3. The predicted octanol–water partition coefficient (Wildman–Crippen LogP) is 4.62. The van der Waals surface area contributed by atoms with Crippen LogP contribution in [0.5, 0.6) is 17.2 Å². The number of hydrogen-bond acceptors (Lipinski definition) is 3. The van der Waals surface area contributed by atoms with Gasteiger partial charge in [-0.2, -0.15) is 13.2 Å². The molecule has 0 aromatic heterocycles. The Morgan fingerprint density at radius 1 is 0.909 bits per heavy atom. The summed E-state index contributed by atoms with van der Waals surface area (Å²) < 4.78 is 46.9. The molecule has 2 aromatic rings. The number of benzene rings is 2. The Balaban J connectivity index is 2.17. The van der Waals surface area contributed by atoms with E-state index in [0.29, 0.717) is 11.5 Å². The predicted molar refractivity (Wildman–Crippen MR) is 78.4 cm³/mol. The molecule has 0 saturated carbocycles. The van der Waals surface area contributed by atoms with Crippen LogP contribution < -0.4 is 15.2 Å². The summed E-state index contributed by atoms with van der Waals surface area (Å²) in [6, 6.07) is 9.74. The minimum atomic E-state index is -4.40. The van der Waals surface area contributed by atoms with Crippen molar-refractivity contribution < 1.29 is 22.6 Å². The largest absolute Gasteiger partial charge is 0.484 e. The number of anilines is 1. The minimum absolute atomic E-state index is 0.0103. The molecule has 0 amide bonds. The topological polar surface area (TPSA) is 44.5 Å². The number of rotatable bonds is 4. The van der Waals surface area contributed by atoms with Crippen LogP contribution in [0.3, 0.4) is 0 Å². The van der Waals surface area contributed by atoms with E-state index in [1.807, 2.05) is 26.0 Å². The zero-order chi connectivity index (χ0) is 16.3. The second-order valence-electron chi connectivity index (χ2n) is 4.99. The number of halogens is 3. The molecular formula is C16H16F3NO2. The van der Waals surface area contributed by atoms with Crippen LogP contribution in [0.25, 0.3) is 0 Å². The highest BCUT2D eigenvalue weighted by Crippen LogP contribution is 2.30. The van der Waals surface area contributed by atoms with Crippen LogP contribution in [-0.2, 0) is 0 Å². The second kappa shape index (κ2) is 6.17. The molecule has 0 aliphatic rings. The van der Waals surface area contributed by atoms with Crippen molar-refractivity contribution in [3.8, 4) is 17.2 Å². The van der Waals surface area contributed by atoms with E-state index in [2.05, 4.69) is 4.74 Å². The van der Waals surface area contributed by atoms with Gasteiger partial charge >= 0.3 is 6.18 Å². The van der Waals surface area contributed by atoms with Crippen LogP contribution in [0.1, 0.15) is 11.1 Å². The smallest absolute Gasteiger partial charge is 0.422 e. The first-order valence-corrected chi connectivity index (χ1v) is 6.58. The summed E-state index contributed by atoms with van der Waals surface area (Å²) in [4.78, 5) is 0. The van der Waals surface area contributed by atoms with Crippen LogP contribution in [0.4, 0.5) is 18.9 Å². The van der Waals surface area contributed by atoms with Gasteiger partial charge in [-0.1, -0.05) is 6.07 Å². The maximum Gasteiger partial charge on any atom is 0.422 e. The quantitative estimate of drug-likeness (QED) is 0.838. The van der Waals surface area contributed by atoms with E-state index in [4.69, 9.17) is 10.5 Å². The first kappa shape index (κ1) is 16.0. The molecule has 0 heterocycles. The Morgan fingerprint density at radius 3 is 2.23 bits per heavy atom. The third kappa shape index (κ3) is 4.58. The van der Waals surface area contributed by atoms with Gasteiger partial charge in [0.05, 0.1) is 0 Å². The van der Waals surface area contributed by atoms with Crippen LogP contribution in [0, 0.1) is 13.8 Å². The Hall–Kier alpha value is -2.37. The number of ether oxygens (including phenoxy) is 2. The van der Waals surface area contributed by atoms with Crippen LogP contribution >= 0.6 is 0 Å². The fourth-order valence-corrected chi connectivity index (χ4v) is 1.81. The normalized spacial score (nSPS) is 11.3. The Kier molecular flexibility index (Phi) is 4.49. The summed E-state index contributed by atoms with van der Waals surface area (Å²) >= 11 is 0. The van der Waals surface area contributed by atoms with Crippen molar-refractivity contribution in [3.63, 3.8) is 0 Å². The highest BCUT2D eigenvalue weighted by molar-refractivity contribution is 5.51. The molecular weight excluding hydrogens is 295 g/mol. The fourth-order valence-electron chi connectivity index (χ4n) is 1.81. The Bertz CT molecular complexity index is 669. The molecule has 0 radical (unpaired) electrons. The third-order valence-corrected chi connectivity index (χ3v) is 3.02. The number of aryl methyl sites for hydroxylation is 2. The number of nitrogen functional groups attached to an aromatic ring is 1. The molecule has 0 unspecified atom stereocenters. The lowest BCUT2D eigenvalue weighted by molar-refractivity contribution is -0.153. The maximum atomic E-state index is 12.2. The molecule has 0 spiro atoms. The molecule has 3 nitrogen and oxygen atoms in total. The highest BCUT2D eigenvalue weighted by atomic mass is 19.4. The van der Waals surface area contributed by atoms with Gasteiger partial charge in [-0.15, -0.1) is 0 Å². The van der Waals surface area contributed by atoms with Gasteiger partial charge in [-0.25, -0.2) is 0 Å². The van der Waals surface area contributed by atoms with Gasteiger partial charge < -0.3 is 15.2 Å². The fraction of sp³-hybridized carbons (Fsp3) is 0.250. The molecule has 2 N–H and O–H groups in total. The minimum Gasteiger partial charge on any atom is -0.484 e. The molecule has 0 aliphatic heterocycles. The molecule has 0 aliphatic carbocycles. The number of nitrogens with two attached hydrogens (primary N) is 1. The molecule has 118 valence electrons. The zero-order valence-electron chi connectivity index (χ0n) is 12.2.